The molecule has 0 amide bonds. The minimum Gasteiger partial charge on any atom is -0.493 e. The molecule has 0 bridgehead atoms. The van der Waals surface area contributed by atoms with Crippen LogP contribution in [-0.4, -0.2) is 10.1 Å². The Labute approximate surface area is 67.1 Å². The molecule has 0 radical (unpaired) electrons. The molecule has 3 heteroatoms. The zero-order valence-corrected chi connectivity index (χ0v) is 6.87. The summed E-state index contributed by atoms with van der Waals surface area (Å²) in [5, 5.41) is 8.74. The van der Waals surface area contributed by atoms with Gasteiger partial charge in [-0.25, -0.2) is 4.98 Å². The van der Waals surface area contributed by atoms with E-state index in [1.807, 2.05) is 6.07 Å². The van der Waals surface area contributed by atoms with Gasteiger partial charge in [-0.05, 0) is 5.56 Å². The molecule has 0 atom stereocenters. The molecule has 48 valence electrons. The number of hydrogen-bond donors (Lipinski definition) is 1. The molecular formula is C6H6INO. The van der Waals surface area contributed by atoms with Gasteiger partial charge in [-0.2, -0.15) is 0 Å². The summed E-state index contributed by atoms with van der Waals surface area (Å²) in [4.78, 5) is 3.70. The van der Waals surface area contributed by atoms with E-state index in [1.54, 1.807) is 12.3 Å². The number of aromatic nitrogens is 1. The van der Waals surface area contributed by atoms with Crippen molar-refractivity contribution < 1.29 is 5.11 Å². The van der Waals surface area contributed by atoms with Crippen molar-refractivity contribution in [1.29, 1.82) is 0 Å². The van der Waals surface area contributed by atoms with Crippen LogP contribution < -0.4 is 0 Å². The van der Waals surface area contributed by atoms with Gasteiger partial charge in [-0.15, -0.1) is 0 Å². The summed E-state index contributed by atoms with van der Waals surface area (Å²) >= 11 is 2.24. The Morgan fingerprint density at radius 1 is 1.56 bits per heavy atom. The quantitative estimate of drug-likeness (QED) is 0.593. The molecule has 0 spiro atoms. The molecule has 1 rings (SSSR count). The molecular weight excluding hydrogens is 229 g/mol. The SMILES string of the molecule is Oc1ccc(CI)cn1. The lowest BCUT2D eigenvalue weighted by atomic mass is 10.3. The molecule has 0 aliphatic carbocycles. The van der Waals surface area contributed by atoms with E-state index in [-0.39, 0.29) is 5.88 Å². The van der Waals surface area contributed by atoms with Gasteiger partial charge in [0.25, 0.3) is 0 Å². The first-order chi connectivity index (χ1) is 4.33. The zero-order valence-electron chi connectivity index (χ0n) is 4.71. The number of pyridine rings is 1. The summed E-state index contributed by atoms with van der Waals surface area (Å²) in [6, 6.07) is 3.45. The highest BCUT2D eigenvalue weighted by Gasteiger charge is 1.88. The lowest BCUT2D eigenvalue weighted by Crippen LogP contribution is -1.77. The molecule has 0 saturated carbocycles. The molecule has 9 heavy (non-hydrogen) atoms. The van der Waals surface area contributed by atoms with Gasteiger partial charge in [0.1, 0.15) is 0 Å². The summed E-state index contributed by atoms with van der Waals surface area (Å²) in [7, 11) is 0. The standard InChI is InChI=1S/C6H6INO/c7-3-5-1-2-6(9)8-4-5/h1-2,4H,3H2,(H,8,9). The van der Waals surface area contributed by atoms with Gasteiger partial charge in [0.05, 0.1) is 0 Å². The molecule has 2 nitrogen and oxygen atoms in total. The molecule has 0 saturated heterocycles. The number of hydrogen-bond acceptors (Lipinski definition) is 2. The third-order valence-electron chi connectivity index (χ3n) is 0.963. The molecule has 0 unspecified atom stereocenters. The van der Waals surface area contributed by atoms with Crippen molar-refractivity contribution in [2.24, 2.45) is 0 Å². The van der Waals surface area contributed by atoms with E-state index >= 15 is 0 Å². The van der Waals surface area contributed by atoms with Gasteiger partial charge >= 0.3 is 0 Å². The lowest BCUT2D eigenvalue weighted by Gasteiger charge is -1.91. The predicted molar refractivity (Wildman–Crippen MR) is 43.6 cm³/mol. The van der Waals surface area contributed by atoms with Crippen LogP contribution in [0.3, 0.4) is 0 Å². The maximum Gasteiger partial charge on any atom is 0.210 e. The smallest absolute Gasteiger partial charge is 0.210 e. The summed E-state index contributed by atoms with van der Waals surface area (Å²) in [5.74, 6) is 0.0867. The van der Waals surface area contributed by atoms with E-state index < -0.39 is 0 Å². The van der Waals surface area contributed by atoms with Crippen molar-refractivity contribution in [3.8, 4) is 5.88 Å². The van der Waals surface area contributed by atoms with Crippen molar-refractivity contribution in [2.45, 2.75) is 4.43 Å². The number of rotatable bonds is 1. The Morgan fingerprint density at radius 2 is 2.33 bits per heavy atom. The van der Waals surface area contributed by atoms with Crippen LogP contribution in [0.1, 0.15) is 5.56 Å². The summed E-state index contributed by atoms with van der Waals surface area (Å²) in [6.45, 7) is 0. The van der Waals surface area contributed by atoms with Crippen LogP contribution in [0.4, 0.5) is 0 Å². The number of aromatic hydroxyl groups is 1. The fourth-order valence-electron chi connectivity index (χ4n) is 0.496. The first-order valence-corrected chi connectivity index (χ1v) is 4.05. The van der Waals surface area contributed by atoms with E-state index in [1.165, 1.54) is 0 Å². The van der Waals surface area contributed by atoms with Gasteiger partial charge in [-0.1, -0.05) is 28.7 Å². The Bertz CT molecular complexity index is 185. The van der Waals surface area contributed by atoms with Gasteiger partial charge in [0.15, 0.2) is 0 Å². The second kappa shape index (κ2) is 3.00. The first kappa shape index (κ1) is 6.80. The van der Waals surface area contributed by atoms with Gasteiger partial charge < -0.3 is 5.11 Å². The topological polar surface area (TPSA) is 33.1 Å². The van der Waals surface area contributed by atoms with Crippen LogP contribution in [0.25, 0.3) is 0 Å². The summed E-state index contributed by atoms with van der Waals surface area (Å²) < 4.78 is 0.936. The van der Waals surface area contributed by atoms with Crippen LogP contribution in [0.5, 0.6) is 5.88 Å². The van der Waals surface area contributed by atoms with Crippen LogP contribution >= 0.6 is 22.6 Å². The lowest BCUT2D eigenvalue weighted by molar-refractivity contribution is 0.453. The van der Waals surface area contributed by atoms with Crippen LogP contribution in [-0.2, 0) is 4.43 Å². The fourth-order valence-corrected chi connectivity index (χ4v) is 0.947. The summed E-state index contributed by atoms with van der Waals surface area (Å²) in [5.41, 5.74) is 1.13. The molecule has 0 fully saturated rings. The predicted octanol–water partition coefficient (Wildman–Crippen LogP) is 1.72. The highest BCUT2D eigenvalue weighted by Crippen LogP contribution is 2.07. The maximum atomic E-state index is 8.74. The molecule has 1 heterocycles. The average molecular weight is 235 g/mol. The van der Waals surface area contributed by atoms with Crippen LogP contribution in [0, 0.1) is 0 Å². The van der Waals surface area contributed by atoms with E-state index in [2.05, 4.69) is 27.6 Å². The van der Waals surface area contributed by atoms with Crippen molar-refractivity contribution in [3.05, 3.63) is 23.9 Å². The molecule has 0 aromatic carbocycles. The van der Waals surface area contributed by atoms with Crippen molar-refractivity contribution in [1.82, 2.24) is 4.98 Å². The first-order valence-electron chi connectivity index (χ1n) is 2.53. The maximum absolute atomic E-state index is 8.74. The fraction of sp³-hybridized carbons (Fsp3) is 0.167. The average Bonchev–Trinajstić information content (AvgIpc) is 1.90. The summed E-state index contributed by atoms with van der Waals surface area (Å²) in [6.07, 6.45) is 1.67. The zero-order chi connectivity index (χ0) is 6.69. The van der Waals surface area contributed by atoms with Gasteiger partial charge in [-0.3, -0.25) is 0 Å². The van der Waals surface area contributed by atoms with E-state index in [0.717, 1.165) is 9.99 Å². The number of nitrogens with zero attached hydrogens (tertiary/aromatic N) is 1. The van der Waals surface area contributed by atoms with Crippen LogP contribution in [0.2, 0.25) is 0 Å². The third-order valence-corrected chi connectivity index (χ3v) is 1.84. The second-order valence-corrected chi connectivity index (χ2v) is 2.42. The highest BCUT2D eigenvalue weighted by atomic mass is 127. The molecule has 0 aliphatic heterocycles. The van der Waals surface area contributed by atoms with Gasteiger partial charge in [0, 0.05) is 16.7 Å². The third kappa shape index (κ3) is 1.82. The van der Waals surface area contributed by atoms with Crippen molar-refractivity contribution in [3.63, 3.8) is 0 Å². The normalized spacial score (nSPS) is 9.44. The minimum atomic E-state index is 0.0867. The molecule has 1 N–H and O–H groups in total. The molecule has 1 aromatic heterocycles. The number of alkyl halides is 1. The molecule has 1 aromatic rings. The largest absolute Gasteiger partial charge is 0.493 e. The minimum absolute atomic E-state index is 0.0867. The Kier molecular flexibility index (Phi) is 2.27. The van der Waals surface area contributed by atoms with Crippen molar-refractivity contribution >= 4 is 22.6 Å². The Hall–Kier alpha value is -0.320. The van der Waals surface area contributed by atoms with E-state index in [4.69, 9.17) is 5.11 Å². The Balaban J connectivity index is 2.88. The second-order valence-electron chi connectivity index (χ2n) is 1.66. The molecule has 0 aliphatic rings. The highest BCUT2D eigenvalue weighted by molar-refractivity contribution is 14.1. The van der Waals surface area contributed by atoms with E-state index in [0.29, 0.717) is 0 Å². The monoisotopic (exact) mass is 235 g/mol. The van der Waals surface area contributed by atoms with Crippen molar-refractivity contribution in [2.75, 3.05) is 0 Å². The van der Waals surface area contributed by atoms with Gasteiger partial charge in [0.2, 0.25) is 5.88 Å². The van der Waals surface area contributed by atoms with E-state index in [9.17, 15) is 0 Å². The Morgan fingerprint density at radius 3 is 2.78 bits per heavy atom. The van der Waals surface area contributed by atoms with Crippen LogP contribution in [0.15, 0.2) is 18.3 Å². The number of halogens is 1.